The predicted octanol–water partition coefficient (Wildman–Crippen LogP) is 2.83. The SMILES string of the molecule is Cc1cc(Nc2ccccc2)nc(NCCc2ccc(S(N)(=O)=O)cc2)n1. The average molecular weight is 383 g/mol. The zero-order valence-corrected chi connectivity index (χ0v) is 15.7. The third-order valence-electron chi connectivity index (χ3n) is 3.85. The first-order chi connectivity index (χ1) is 12.9. The van der Waals surface area contributed by atoms with Gasteiger partial charge < -0.3 is 10.6 Å². The summed E-state index contributed by atoms with van der Waals surface area (Å²) in [5.74, 6) is 1.25. The lowest BCUT2D eigenvalue weighted by molar-refractivity contribution is 0.598. The van der Waals surface area contributed by atoms with Crippen LogP contribution < -0.4 is 15.8 Å². The van der Waals surface area contributed by atoms with Gasteiger partial charge in [-0.25, -0.2) is 18.5 Å². The molecule has 0 spiro atoms. The molecule has 0 aliphatic heterocycles. The average Bonchev–Trinajstić information content (AvgIpc) is 2.62. The topological polar surface area (TPSA) is 110 Å². The summed E-state index contributed by atoms with van der Waals surface area (Å²) in [6, 6.07) is 18.2. The van der Waals surface area contributed by atoms with E-state index in [0.717, 1.165) is 16.9 Å². The van der Waals surface area contributed by atoms with Crippen molar-refractivity contribution in [3.05, 3.63) is 71.9 Å². The molecule has 1 aromatic heterocycles. The van der Waals surface area contributed by atoms with Crippen molar-refractivity contribution in [2.24, 2.45) is 5.14 Å². The number of anilines is 3. The van der Waals surface area contributed by atoms with Crippen molar-refractivity contribution in [2.45, 2.75) is 18.2 Å². The van der Waals surface area contributed by atoms with Gasteiger partial charge in [0.2, 0.25) is 16.0 Å². The molecule has 0 saturated carbocycles. The van der Waals surface area contributed by atoms with E-state index < -0.39 is 10.0 Å². The van der Waals surface area contributed by atoms with Crippen molar-refractivity contribution in [1.29, 1.82) is 0 Å². The second-order valence-corrected chi connectivity index (χ2v) is 7.64. The number of rotatable bonds is 7. The van der Waals surface area contributed by atoms with Crippen molar-refractivity contribution in [3.8, 4) is 0 Å². The Morgan fingerprint density at radius 3 is 2.37 bits per heavy atom. The molecule has 0 unspecified atom stereocenters. The summed E-state index contributed by atoms with van der Waals surface area (Å²) in [6.07, 6.45) is 0.698. The van der Waals surface area contributed by atoms with E-state index in [4.69, 9.17) is 5.14 Å². The number of hydrogen-bond donors (Lipinski definition) is 3. The number of sulfonamides is 1. The summed E-state index contributed by atoms with van der Waals surface area (Å²) < 4.78 is 22.6. The van der Waals surface area contributed by atoms with Gasteiger partial charge in [-0.1, -0.05) is 30.3 Å². The van der Waals surface area contributed by atoms with Crippen LogP contribution in [0.15, 0.2) is 65.6 Å². The highest BCUT2D eigenvalue weighted by atomic mass is 32.2. The van der Waals surface area contributed by atoms with E-state index in [9.17, 15) is 8.42 Å². The summed E-state index contributed by atoms with van der Waals surface area (Å²) in [6.45, 7) is 2.53. The molecule has 0 saturated heterocycles. The summed E-state index contributed by atoms with van der Waals surface area (Å²) in [5, 5.41) is 11.6. The monoisotopic (exact) mass is 383 g/mol. The number of aryl methyl sites for hydroxylation is 1. The normalized spacial score (nSPS) is 11.2. The molecule has 7 nitrogen and oxygen atoms in total. The molecular formula is C19H21N5O2S. The highest BCUT2D eigenvalue weighted by Crippen LogP contribution is 2.16. The molecule has 1 heterocycles. The fraction of sp³-hybridized carbons (Fsp3) is 0.158. The van der Waals surface area contributed by atoms with E-state index in [1.54, 1.807) is 12.1 Å². The summed E-state index contributed by atoms with van der Waals surface area (Å²) in [4.78, 5) is 8.98. The number of hydrogen-bond acceptors (Lipinski definition) is 6. The number of nitrogens with one attached hydrogen (secondary N) is 2. The van der Waals surface area contributed by atoms with Crippen molar-refractivity contribution in [2.75, 3.05) is 17.2 Å². The quantitative estimate of drug-likeness (QED) is 0.579. The molecule has 4 N–H and O–H groups in total. The first-order valence-electron chi connectivity index (χ1n) is 8.43. The van der Waals surface area contributed by atoms with Gasteiger partial charge in [-0.05, 0) is 43.2 Å². The number of nitrogens with two attached hydrogens (primary N) is 1. The molecule has 3 rings (SSSR count). The highest BCUT2D eigenvalue weighted by molar-refractivity contribution is 7.89. The predicted molar refractivity (Wildman–Crippen MR) is 107 cm³/mol. The lowest BCUT2D eigenvalue weighted by Crippen LogP contribution is -2.12. The van der Waals surface area contributed by atoms with E-state index in [-0.39, 0.29) is 4.90 Å². The van der Waals surface area contributed by atoms with Crippen LogP contribution in [0, 0.1) is 6.92 Å². The zero-order chi connectivity index (χ0) is 19.3. The van der Waals surface area contributed by atoms with Crippen molar-refractivity contribution in [1.82, 2.24) is 9.97 Å². The van der Waals surface area contributed by atoms with Crippen LogP contribution in [-0.4, -0.2) is 24.9 Å². The van der Waals surface area contributed by atoms with Gasteiger partial charge >= 0.3 is 0 Å². The van der Waals surface area contributed by atoms with Crippen molar-refractivity contribution >= 4 is 27.5 Å². The van der Waals surface area contributed by atoms with Crippen molar-refractivity contribution in [3.63, 3.8) is 0 Å². The fourth-order valence-corrected chi connectivity index (χ4v) is 3.06. The maximum Gasteiger partial charge on any atom is 0.238 e. The van der Waals surface area contributed by atoms with Gasteiger partial charge in [0, 0.05) is 24.0 Å². The van der Waals surface area contributed by atoms with E-state index >= 15 is 0 Å². The van der Waals surface area contributed by atoms with Gasteiger partial charge in [0.15, 0.2) is 0 Å². The molecule has 0 aliphatic rings. The van der Waals surface area contributed by atoms with Crippen LogP contribution in [-0.2, 0) is 16.4 Å². The highest BCUT2D eigenvalue weighted by Gasteiger charge is 2.07. The maximum absolute atomic E-state index is 11.3. The molecule has 0 amide bonds. The number of benzene rings is 2. The van der Waals surface area contributed by atoms with E-state index in [2.05, 4.69) is 20.6 Å². The summed E-state index contributed by atoms with van der Waals surface area (Å²) >= 11 is 0. The Morgan fingerprint density at radius 1 is 1.00 bits per heavy atom. The minimum absolute atomic E-state index is 0.109. The Hall–Kier alpha value is -2.97. The van der Waals surface area contributed by atoms with Gasteiger partial charge in [-0.2, -0.15) is 4.98 Å². The largest absolute Gasteiger partial charge is 0.354 e. The molecule has 2 aromatic carbocycles. The molecular weight excluding hydrogens is 362 g/mol. The van der Waals surface area contributed by atoms with Crippen LogP contribution in [0.25, 0.3) is 0 Å². The first kappa shape index (κ1) is 18.8. The second-order valence-electron chi connectivity index (χ2n) is 6.07. The van der Waals surface area contributed by atoms with Crippen LogP contribution in [0.3, 0.4) is 0 Å². The van der Waals surface area contributed by atoms with E-state index in [0.29, 0.717) is 24.7 Å². The molecule has 140 valence electrons. The zero-order valence-electron chi connectivity index (χ0n) is 14.9. The van der Waals surface area contributed by atoms with Crippen LogP contribution >= 0.6 is 0 Å². The Morgan fingerprint density at radius 2 is 1.70 bits per heavy atom. The van der Waals surface area contributed by atoms with E-state index in [1.807, 2.05) is 43.3 Å². The molecule has 3 aromatic rings. The molecule has 0 bridgehead atoms. The van der Waals surface area contributed by atoms with Crippen molar-refractivity contribution < 1.29 is 8.42 Å². The summed E-state index contributed by atoms with van der Waals surface area (Å²) in [7, 11) is -3.66. The number of para-hydroxylation sites is 1. The number of primary sulfonamides is 1. The van der Waals surface area contributed by atoms with Gasteiger partial charge in [0.05, 0.1) is 4.90 Å². The Balaban J connectivity index is 1.61. The minimum Gasteiger partial charge on any atom is -0.354 e. The second kappa shape index (κ2) is 8.15. The van der Waals surface area contributed by atoms with Gasteiger partial charge in [-0.3, -0.25) is 0 Å². The molecule has 27 heavy (non-hydrogen) atoms. The van der Waals surface area contributed by atoms with Crippen LogP contribution in [0.4, 0.5) is 17.5 Å². The lowest BCUT2D eigenvalue weighted by atomic mass is 10.1. The van der Waals surface area contributed by atoms with Gasteiger partial charge in [0.25, 0.3) is 0 Å². The van der Waals surface area contributed by atoms with E-state index in [1.165, 1.54) is 12.1 Å². The van der Waals surface area contributed by atoms with Crippen LogP contribution in [0.2, 0.25) is 0 Å². The maximum atomic E-state index is 11.3. The third kappa shape index (κ3) is 5.50. The van der Waals surface area contributed by atoms with Gasteiger partial charge in [0.1, 0.15) is 5.82 Å². The van der Waals surface area contributed by atoms with Crippen LogP contribution in [0.5, 0.6) is 0 Å². The Labute approximate surface area is 158 Å². The van der Waals surface area contributed by atoms with Gasteiger partial charge in [-0.15, -0.1) is 0 Å². The molecule has 0 aliphatic carbocycles. The molecule has 0 atom stereocenters. The third-order valence-corrected chi connectivity index (χ3v) is 4.78. The number of nitrogens with zero attached hydrogens (tertiary/aromatic N) is 2. The lowest BCUT2D eigenvalue weighted by Gasteiger charge is -2.10. The Kier molecular flexibility index (Phi) is 5.68. The smallest absolute Gasteiger partial charge is 0.238 e. The standard InChI is InChI=1S/C19H21N5O2S/c1-14-13-18(23-16-5-3-2-4-6-16)24-19(22-14)21-12-11-15-7-9-17(10-8-15)27(20,25)26/h2-10,13H,11-12H2,1H3,(H2,20,25,26)(H2,21,22,23,24). The van der Waals surface area contributed by atoms with Crippen LogP contribution in [0.1, 0.15) is 11.3 Å². The minimum atomic E-state index is -3.66. The summed E-state index contributed by atoms with van der Waals surface area (Å²) in [5.41, 5.74) is 2.80. The Bertz CT molecular complexity index is 1010. The molecule has 0 fully saturated rings. The number of aromatic nitrogens is 2. The molecule has 0 radical (unpaired) electrons. The fourth-order valence-electron chi connectivity index (χ4n) is 2.55. The molecule has 8 heteroatoms. The first-order valence-corrected chi connectivity index (χ1v) is 9.98.